The van der Waals surface area contributed by atoms with Crippen molar-refractivity contribution in [2.75, 3.05) is 37.8 Å². The van der Waals surface area contributed by atoms with Crippen LogP contribution in [0.4, 0.5) is 5.82 Å². The zero-order valence-electron chi connectivity index (χ0n) is 36.9. The summed E-state index contributed by atoms with van der Waals surface area (Å²) in [6.45, 7) is 2.64. The van der Waals surface area contributed by atoms with Crippen LogP contribution in [0.5, 0.6) is 0 Å². The second-order valence-corrected chi connectivity index (χ2v) is 21.6. The Balaban J connectivity index is 1.32. The first-order chi connectivity index (χ1) is 30.6. The second kappa shape index (κ2) is 27.5. The fraction of sp³-hybridized carbons (Fsp3) is 0.784. The van der Waals surface area contributed by atoms with Crippen LogP contribution >= 0.6 is 35.2 Å². The van der Waals surface area contributed by atoms with E-state index in [1.54, 1.807) is 0 Å². The number of nitrogens with zero attached hydrogens (tertiary/aromatic N) is 4. The van der Waals surface area contributed by atoms with Crippen LogP contribution in [0.1, 0.15) is 123 Å². The maximum atomic E-state index is 12.7. The lowest BCUT2D eigenvalue weighted by atomic mass is 9.87. The number of hydrogen-bond donors (Lipinski definition) is 8. The molecule has 24 nitrogen and oxygen atoms in total. The quantitative estimate of drug-likeness (QED) is 0.0358. The van der Waals surface area contributed by atoms with Gasteiger partial charge in [-0.1, -0.05) is 110 Å². The molecule has 0 aromatic carbocycles. The Morgan fingerprint density at radius 1 is 0.908 bits per heavy atom. The number of nitrogens with two attached hydrogens (primary N) is 1. The van der Waals surface area contributed by atoms with E-state index in [-0.39, 0.29) is 41.6 Å². The molecule has 0 aliphatic carbocycles. The van der Waals surface area contributed by atoms with Crippen molar-refractivity contribution in [1.29, 1.82) is 0 Å². The van der Waals surface area contributed by atoms with E-state index in [2.05, 4.69) is 45.9 Å². The van der Waals surface area contributed by atoms with E-state index in [4.69, 9.17) is 15.0 Å². The van der Waals surface area contributed by atoms with Gasteiger partial charge in [0.25, 0.3) is 0 Å². The average Bonchev–Trinajstić information content (AvgIpc) is 3.79. The molecule has 9 N–H and O–H groups in total. The summed E-state index contributed by atoms with van der Waals surface area (Å²) in [7, 11) is -16.7. The summed E-state index contributed by atoms with van der Waals surface area (Å²) in [5.41, 5.74) is 4.23. The average molecular weight is 1000 g/mol. The summed E-state index contributed by atoms with van der Waals surface area (Å²) in [5.74, 6) is -1.06. The molecule has 3 heterocycles. The Morgan fingerprint density at radius 3 is 2.14 bits per heavy atom. The summed E-state index contributed by atoms with van der Waals surface area (Å²) in [6.07, 6.45) is 9.39. The minimum Gasteiger partial charge on any atom is -0.386 e. The number of aliphatic hydroxyl groups is 2. The number of imidazole rings is 1. The van der Waals surface area contributed by atoms with Crippen molar-refractivity contribution < 1.29 is 80.5 Å². The third-order valence-corrected chi connectivity index (χ3v) is 14.2. The molecule has 2 aromatic rings. The highest BCUT2D eigenvalue weighted by Crippen LogP contribution is 2.62. The van der Waals surface area contributed by atoms with Crippen molar-refractivity contribution in [3.05, 3.63) is 12.7 Å². The van der Waals surface area contributed by atoms with Crippen molar-refractivity contribution in [2.24, 2.45) is 5.41 Å². The predicted octanol–water partition coefficient (Wildman–Crippen LogP) is 4.58. The number of nitrogen functional groups attached to an aromatic ring is 1. The molecule has 1 fully saturated rings. The van der Waals surface area contributed by atoms with Gasteiger partial charge in [-0.2, -0.15) is 4.31 Å². The number of phosphoric ester groups is 2. The Hall–Kier alpha value is -2.44. The highest BCUT2D eigenvalue weighted by atomic mass is 32.2. The Kier molecular flexibility index (Phi) is 24.1. The number of amides is 2. The topological polar surface area (TPSA) is 363 Å². The highest BCUT2D eigenvalue weighted by molar-refractivity contribution is 8.13. The predicted molar refractivity (Wildman–Crippen MR) is 236 cm³/mol. The molecule has 0 spiro atoms. The van der Waals surface area contributed by atoms with Gasteiger partial charge in [-0.05, 0) is 6.42 Å². The highest BCUT2D eigenvalue weighted by Gasteiger charge is 2.50. The SMILES string of the molecule is CCCCCCCCCCCCCCCC(=O)SCCNC(=O)CCNC(=O)[C@H](O)C(C)(C)COP([O])(=O)OP(=O)(O)OC[C@H]1O[C@@H](n2cnc3c(N)ncnc32)[C@H](O)[C@@H]1OP(=O)(O)O. The zero-order valence-corrected chi connectivity index (χ0v) is 40.4. The van der Waals surface area contributed by atoms with Crippen LogP contribution in [0.3, 0.4) is 0 Å². The standard InChI is InChI=1S/C37H65N7O17P3S/c1-4-5-6-7-8-9-10-11-12-13-14-15-16-17-28(46)65-21-20-39-27(45)18-19-40-35(49)32(48)37(2,3)23-58-64(55,56)61-63(53,54)57-22-26-31(60-62(50,51)52)30(47)36(59-26)44-25-43-29-33(38)41-24-42-34(29)44/h24-26,30-32,36,47-48H,4-23H2,1-3H3,(H,39,45)(H,40,49)(H,53,54)(H2,38,41,42)(H2,50,51,52)/t26-,30-,31-,32+,36-/m1/s1. The number of thioether (sulfide) groups is 1. The van der Waals surface area contributed by atoms with Crippen molar-refractivity contribution in [3.63, 3.8) is 0 Å². The number of unbranched alkanes of at least 4 members (excludes halogenated alkanes) is 12. The Morgan fingerprint density at radius 2 is 1.52 bits per heavy atom. The molecule has 0 bridgehead atoms. The number of aliphatic hydroxyl groups excluding tert-OH is 2. The van der Waals surface area contributed by atoms with Crippen LogP contribution in [-0.4, -0.2) is 118 Å². The number of anilines is 1. The van der Waals surface area contributed by atoms with Crippen LogP contribution in [0.15, 0.2) is 12.7 Å². The molecule has 371 valence electrons. The monoisotopic (exact) mass is 1000 g/mol. The normalized spacial score (nSPS) is 20.3. The first-order valence-electron chi connectivity index (χ1n) is 21.6. The van der Waals surface area contributed by atoms with E-state index in [0.717, 1.165) is 48.2 Å². The Labute approximate surface area is 382 Å². The van der Waals surface area contributed by atoms with Crippen LogP contribution in [0, 0.1) is 5.41 Å². The molecule has 1 aliphatic rings. The van der Waals surface area contributed by atoms with E-state index in [0.29, 0.717) is 12.2 Å². The molecule has 0 saturated carbocycles. The number of ether oxygens (including phenoxy) is 1. The molecule has 1 aliphatic heterocycles. The van der Waals surface area contributed by atoms with Crippen molar-refractivity contribution >= 4 is 69.1 Å². The molecule has 2 amide bonds. The zero-order chi connectivity index (χ0) is 48.3. The fourth-order valence-electron chi connectivity index (χ4n) is 6.65. The van der Waals surface area contributed by atoms with Crippen molar-refractivity contribution in [1.82, 2.24) is 30.2 Å². The molecule has 7 atom stereocenters. The molecule has 2 aromatic heterocycles. The first-order valence-corrected chi connectivity index (χ1v) is 27.1. The molecular formula is C37H65N7O17P3S. The number of aromatic nitrogens is 4. The number of rotatable bonds is 33. The summed E-state index contributed by atoms with van der Waals surface area (Å²) in [4.78, 5) is 90.5. The van der Waals surface area contributed by atoms with Crippen LogP contribution in [-0.2, 0) is 55.6 Å². The summed E-state index contributed by atoms with van der Waals surface area (Å²) in [5, 5.41) is 26.6. The number of carbonyl (C=O) groups is 3. The minimum atomic E-state index is -5.75. The van der Waals surface area contributed by atoms with Crippen LogP contribution in [0.2, 0.25) is 0 Å². The van der Waals surface area contributed by atoms with Gasteiger partial charge in [-0.15, -0.1) is 4.89 Å². The van der Waals surface area contributed by atoms with E-state index >= 15 is 0 Å². The smallest absolute Gasteiger partial charge is 0.386 e. The van der Waals surface area contributed by atoms with Gasteiger partial charge >= 0.3 is 23.5 Å². The van der Waals surface area contributed by atoms with E-state index < -0.39 is 84.6 Å². The molecule has 1 radical (unpaired) electrons. The molecule has 3 rings (SSSR count). The number of hydrogen-bond acceptors (Lipinski definition) is 18. The van der Waals surface area contributed by atoms with Crippen molar-refractivity contribution in [2.45, 2.75) is 148 Å². The first kappa shape index (κ1) is 56.9. The van der Waals surface area contributed by atoms with Gasteiger partial charge < -0.3 is 46.0 Å². The fourth-order valence-corrected chi connectivity index (χ4v) is 10.2. The lowest BCUT2D eigenvalue weighted by Gasteiger charge is -2.29. The molecule has 1 saturated heterocycles. The third-order valence-electron chi connectivity index (χ3n) is 10.2. The van der Waals surface area contributed by atoms with Gasteiger partial charge in [-0.3, -0.25) is 32.5 Å². The molecule has 2 unspecified atom stereocenters. The van der Waals surface area contributed by atoms with Gasteiger partial charge in [0.15, 0.2) is 22.8 Å². The lowest BCUT2D eigenvalue weighted by Crippen LogP contribution is -2.46. The summed E-state index contributed by atoms with van der Waals surface area (Å²) < 4.78 is 61.9. The van der Waals surface area contributed by atoms with Crippen LogP contribution < -0.4 is 16.4 Å². The maximum absolute atomic E-state index is 12.7. The van der Waals surface area contributed by atoms with E-state index in [9.17, 15) is 57.9 Å². The molecule has 65 heavy (non-hydrogen) atoms. The number of fused-ring (bicyclic) bond motifs is 1. The number of carbonyl (C=O) groups excluding carboxylic acids is 3. The maximum Gasteiger partial charge on any atom is 0.511 e. The number of nitrogens with one attached hydrogen (secondary N) is 2. The molecular weight excluding hydrogens is 939 g/mol. The van der Waals surface area contributed by atoms with Crippen LogP contribution in [0.25, 0.3) is 11.2 Å². The largest absolute Gasteiger partial charge is 0.511 e. The van der Waals surface area contributed by atoms with Gasteiger partial charge in [0.05, 0.1) is 19.5 Å². The summed E-state index contributed by atoms with van der Waals surface area (Å²) in [6, 6.07) is 0. The Bertz CT molecular complexity index is 1960. The third kappa shape index (κ3) is 20.8. The minimum absolute atomic E-state index is 0.0255. The van der Waals surface area contributed by atoms with Gasteiger partial charge in [0, 0.05) is 37.1 Å². The number of phosphoric acid groups is 2. The lowest BCUT2D eigenvalue weighted by molar-refractivity contribution is -0.137. The van der Waals surface area contributed by atoms with E-state index in [1.807, 2.05) is 0 Å². The summed E-state index contributed by atoms with van der Waals surface area (Å²) >= 11 is 1.15. The van der Waals surface area contributed by atoms with Gasteiger partial charge in [-0.25, -0.2) is 28.6 Å². The van der Waals surface area contributed by atoms with E-state index in [1.165, 1.54) is 78.1 Å². The molecule has 28 heteroatoms. The van der Waals surface area contributed by atoms with Crippen molar-refractivity contribution in [3.8, 4) is 0 Å². The second-order valence-electron chi connectivity index (χ2n) is 16.3. The van der Waals surface area contributed by atoms with Gasteiger partial charge in [0.2, 0.25) is 11.8 Å². The van der Waals surface area contributed by atoms with Gasteiger partial charge in [0.1, 0.15) is 36.3 Å².